The highest BCUT2D eigenvalue weighted by Gasteiger charge is 2.22. The molecule has 0 unspecified atom stereocenters. The van der Waals surface area contributed by atoms with E-state index in [2.05, 4.69) is 29.3 Å². The summed E-state index contributed by atoms with van der Waals surface area (Å²) in [5, 5.41) is 3.37. The maximum atomic E-state index is 12.6. The summed E-state index contributed by atoms with van der Waals surface area (Å²) < 4.78 is 0. The van der Waals surface area contributed by atoms with Crippen LogP contribution in [0.2, 0.25) is 0 Å². The van der Waals surface area contributed by atoms with Crippen molar-refractivity contribution in [1.29, 1.82) is 0 Å². The Bertz CT molecular complexity index is 492. The molecule has 1 saturated heterocycles. The third-order valence-corrected chi connectivity index (χ3v) is 4.45. The van der Waals surface area contributed by atoms with E-state index in [1.165, 1.54) is 11.1 Å². The summed E-state index contributed by atoms with van der Waals surface area (Å²) in [5.41, 5.74) is 3.52. The van der Waals surface area contributed by atoms with Crippen molar-refractivity contribution in [2.24, 2.45) is 0 Å². The van der Waals surface area contributed by atoms with Crippen LogP contribution in [0.3, 0.4) is 0 Å². The molecule has 4 heteroatoms. The molecule has 0 aromatic heterocycles. The van der Waals surface area contributed by atoms with Crippen LogP contribution in [0.4, 0.5) is 0 Å². The van der Waals surface area contributed by atoms with Gasteiger partial charge in [0.1, 0.15) is 0 Å². The molecule has 1 amide bonds. The molecular formula is C16H23N3O. The number of hydrogen-bond acceptors (Lipinski definition) is 3. The third kappa shape index (κ3) is 2.72. The molecule has 1 aromatic rings. The zero-order chi connectivity index (χ0) is 13.9. The van der Waals surface area contributed by atoms with Gasteiger partial charge in [-0.3, -0.25) is 4.79 Å². The van der Waals surface area contributed by atoms with Gasteiger partial charge in [0.25, 0.3) is 5.91 Å². The van der Waals surface area contributed by atoms with Gasteiger partial charge in [-0.15, -0.1) is 0 Å². The SMILES string of the molecule is CCN1CCN(C(=O)c2ccc3c(c2)CNCC3)CC1. The monoisotopic (exact) mass is 273 g/mol. The highest BCUT2D eigenvalue weighted by atomic mass is 16.2. The summed E-state index contributed by atoms with van der Waals surface area (Å²) >= 11 is 0. The minimum absolute atomic E-state index is 0.189. The maximum absolute atomic E-state index is 12.6. The highest BCUT2D eigenvalue weighted by Crippen LogP contribution is 2.17. The Morgan fingerprint density at radius 2 is 2.00 bits per heavy atom. The van der Waals surface area contributed by atoms with Crippen molar-refractivity contribution in [3.63, 3.8) is 0 Å². The third-order valence-electron chi connectivity index (χ3n) is 4.45. The van der Waals surface area contributed by atoms with Crippen LogP contribution in [-0.2, 0) is 13.0 Å². The van der Waals surface area contributed by atoms with Gasteiger partial charge in [0.15, 0.2) is 0 Å². The minimum Gasteiger partial charge on any atom is -0.336 e. The van der Waals surface area contributed by atoms with E-state index in [1.54, 1.807) is 0 Å². The van der Waals surface area contributed by atoms with Gasteiger partial charge in [0.05, 0.1) is 0 Å². The van der Waals surface area contributed by atoms with Crippen molar-refractivity contribution >= 4 is 5.91 Å². The van der Waals surface area contributed by atoms with Crippen LogP contribution in [-0.4, -0.2) is 55.0 Å². The minimum atomic E-state index is 0.189. The molecule has 2 aliphatic rings. The number of hydrogen-bond donors (Lipinski definition) is 1. The van der Waals surface area contributed by atoms with Crippen molar-refractivity contribution in [2.75, 3.05) is 39.3 Å². The fraction of sp³-hybridized carbons (Fsp3) is 0.562. The molecule has 1 aromatic carbocycles. The number of piperazine rings is 1. The van der Waals surface area contributed by atoms with Gasteiger partial charge in [0, 0.05) is 38.3 Å². The first-order valence-corrected chi connectivity index (χ1v) is 7.62. The van der Waals surface area contributed by atoms with Crippen LogP contribution >= 0.6 is 0 Å². The standard InChI is InChI=1S/C16H23N3O/c1-2-18-7-9-19(10-8-18)16(20)14-4-3-13-5-6-17-12-15(13)11-14/h3-4,11,17H,2,5-10,12H2,1H3. The van der Waals surface area contributed by atoms with Crippen LogP contribution in [0.5, 0.6) is 0 Å². The van der Waals surface area contributed by atoms with Crippen LogP contribution in [0, 0.1) is 0 Å². The first-order valence-electron chi connectivity index (χ1n) is 7.62. The molecule has 0 radical (unpaired) electrons. The Labute approximate surface area is 120 Å². The summed E-state index contributed by atoms with van der Waals surface area (Å²) in [5.74, 6) is 0.189. The second-order valence-electron chi connectivity index (χ2n) is 5.64. The molecule has 0 saturated carbocycles. The molecular weight excluding hydrogens is 250 g/mol. The molecule has 4 nitrogen and oxygen atoms in total. The number of nitrogens with zero attached hydrogens (tertiary/aromatic N) is 2. The molecule has 0 atom stereocenters. The lowest BCUT2D eigenvalue weighted by Crippen LogP contribution is -2.48. The van der Waals surface area contributed by atoms with Crippen molar-refractivity contribution in [3.05, 3.63) is 34.9 Å². The van der Waals surface area contributed by atoms with Gasteiger partial charge in [-0.1, -0.05) is 13.0 Å². The number of fused-ring (bicyclic) bond motifs is 1. The predicted octanol–water partition coefficient (Wildman–Crippen LogP) is 1.11. The van der Waals surface area contributed by atoms with Crippen molar-refractivity contribution in [3.8, 4) is 0 Å². The molecule has 0 aliphatic carbocycles. The Morgan fingerprint density at radius 3 is 2.75 bits per heavy atom. The number of benzene rings is 1. The van der Waals surface area contributed by atoms with Gasteiger partial charge in [-0.2, -0.15) is 0 Å². The Kier molecular flexibility index (Phi) is 4.03. The van der Waals surface area contributed by atoms with Crippen molar-refractivity contribution in [2.45, 2.75) is 19.9 Å². The van der Waals surface area contributed by atoms with E-state index in [-0.39, 0.29) is 5.91 Å². The summed E-state index contributed by atoms with van der Waals surface area (Å²) in [6.45, 7) is 8.87. The van der Waals surface area contributed by atoms with Crippen LogP contribution in [0.25, 0.3) is 0 Å². The van der Waals surface area contributed by atoms with E-state index >= 15 is 0 Å². The average molecular weight is 273 g/mol. The molecule has 2 heterocycles. The molecule has 3 rings (SSSR count). The molecule has 1 N–H and O–H groups in total. The van der Waals surface area contributed by atoms with E-state index in [4.69, 9.17) is 0 Å². The highest BCUT2D eigenvalue weighted by molar-refractivity contribution is 5.94. The van der Waals surface area contributed by atoms with E-state index < -0.39 is 0 Å². The maximum Gasteiger partial charge on any atom is 0.253 e. The van der Waals surface area contributed by atoms with Crippen LogP contribution < -0.4 is 5.32 Å². The smallest absolute Gasteiger partial charge is 0.253 e. The number of rotatable bonds is 2. The lowest BCUT2D eigenvalue weighted by molar-refractivity contribution is 0.0643. The number of carbonyl (C=O) groups is 1. The fourth-order valence-corrected chi connectivity index (χ4v) is 3.06. The molecule has 0 bridgehead atoms. The van der Waals surface area contributed by atoms with Crippen LogP contribution in [0.15, 0.2) is 18.2 Å². The van der Waals surface area contributed by atoms with E-state index in [0.29, 0.717) is 0 Å². The fourth-order valence-electron chi connectivity index (χ4n) is 3.06. The van der Waals surface area contributed by atoms with Gasteiger partial charge < -0.3 is 15.1 Å². The topological polar surface area (TPSA) is 35.6 Å². The zero-order valence-corrected chi connectivity index (χ0v) is 12.2. The summed E-state index contributed by atoms with van der Waals surface area (Å²) in [7, 11) is 0. The predicted molar refractivity (Wildman–Crippen MR) is 79.9 cm³/mol. The van der Waals surface area contributed by atoms with E-state index in [9.17, 15) is 4.79 Å². The quantitative estimate of drug-likeness (QED) is 0.877. The first-order chi connectivity index (χ1) is 9.78. The van der Waals surface area contributed by atoms with Gasteiger partial charge >= 0.3 is 0 Å². The molecule has 0 spiro atoms. The first kappa shape index (κ1) is 13.6. The molecule has 1 fully saturated rings. The zero-order valence-electron chi connectivity index (χ0n) is 12.2. The Balaban J connectivity index is 1.71. The number of likely N-dealkylation sites (N-methyl/N-ethyl adjacent to an activating group) is 1. The molecule has 108 valence electrons. The second kappa shape index (κ2) is 5.94. The largest absolute Gasteiger partial charge is 0.336 e. The molecule has 20 heavy (non-hydrogen) atoms. The molecule has 2 aliphatic heterocycles. The normalized spacial score (nSPS) is 19.8. The summed E-state index contributed by atoms with van der Waals surface area (Å²) in [4.78, 5) is 16.9. The van der Waals surface area contributed by atoms with Crippen LogP contribution in [0.1, 0.15) is 28.4 Å². The van der Waals surface area contributed by atoms with E-state index in [0.717, 1.165) is 57.8 Å². The Hall–Kier alpha value is -1.39. The van der Waals surface area contributed by atoms with Gasteiger partial charge in [0.2, 0.25) is 0 Å². The number of amides is 1. The van der Waals surface area contributed by atoms with E-state index in [1.807, 2.05) is 11.0 Å². The van der Waals surface area contributed by atoms with Crippen molar-refractivity contribution in [1.82, 2.24) is 15.1 Å². The average Bonchev–Trinajstić information content (AvgIpc) is 2.54. The summed E-state index contributed by atoms with van der Waals surface area (Å²) in [6, 6.07) is 6.21. The second-order valence-corrected chi connectivity index (χ2v) is 5.64. The van der Waals surface area contributed by atoms with Gasteiger partial charge in [-0.25, -0.2) is 0 Å². The summed E-state index contributed by atoms with van der Waals surface area (Å²) in [6.07, 6.45) is 1.07. The number of nitrogens with one attached hydrogen (secondary N) is 1. The lowest BCUT2D eigenvalue weighted by atomic mass is 9.98. The van der Waals surface area contributed by atoms with Gasteiger partial charge in [-0.05, 0) is 42.8 Å². The number of carbonyl (C=O) groups excluding carboxylic acids is 1. The Morgan fingerprint density at radius 1 is 1.20 bits per heavy atom. The van der Waals surface area contributed by atoms with Crippen molar-refractivity contribution < 1.29 is 4.79 Å². The lowest BCUT2D eigenvalue weighted by Gasteiger charge is -2.34.